The molecule has 0 amide bonds. The highest BCUT2D eigenvalue weighted by molar-refractivity contribution is 5.69. The maximum absolute atomic E-state index is 10.8. The van der Waals surface area contributed by atoms with Crippen molar-refractivity contribution in [2.75, 3.05) is 13.1 Å². The molecule has 80 valence electrons. The molecule has 0 aliphatic carbocycles. The van der Waals surface area contributed by atoms with Gasteiger partial charge >= 0.3 is 5.97 Å². The molecule has 0 aromatic heterocycles. The molecule has 0 radical (unpaired) electrons. The SMILES string of the molecule is CC(=O)Oc1cccc(C2(N)CNC2)c1. The average Bonchev–Trinajstić information content (AvgIpc) is 2.13. The number of nitrogens with one attached hydrogen (secondary N) is 1. The van der Waals surface area contributed by atoms with Gasteiger partial charge in [0.25, 0.3) is 0 Å². The summed E-state index contributed by atoms with van der Waals surface area (Å²) >= 11 is 0. The van der Waals surface area contributed by atoms with Gasteiger partial charge in [0.15, 0.2) is 0 Å². The van der Waals surface area contributed by atoms with Crippen LogP contribution in [0.15, 0.2) is 24.3 Å². The summed E-state index contributed by atoms with van der Waals surface area (Å²) in [5.74, 6) is 0.238. The van der Waals surface area contributed by atoms with E-state index in [9.17, 15) is 4.79 Å². The first-order valence-corrected chi connectivity index (χ1v) is 4.89. The molecule has 1 aromatic carbocycles. The van der Waals surface area contributed by atoms with Gasteiger partial charge in [0.2, 0.25) is 0 Å². The molecule has 0 bridgehead atoms. The van der Waals surface area contributed by atoms with Crippen LogP contribution in [0.2, 0.25) is 0 Å². The molecule has 0 atom stereocenters. The molecule has 3 N–H and O–H groups in total. The summed E-state index contributed by atoms with van der Waals surface area (Å²) in [6.45, 7) is 2.91. The van der Waals surface area contributed by atoms with Gasteiger partial charge in [0.1, 0.15) is 5.75 Å². The van der Waals surface area contributed by atoms with Crippen molar-refractivity contribution in [3.8, 4) is 5.75 Å². The van der Waals surface area contributed by atoms with E-state index in [0.29, 0.717) is 5.75 Å². The van der Waals surface area contributed by atoms with Crippen LogP contribution >= 0.6 is 0 Å². The van der Waals surface area contributed by atoms with Crippen LogP contribution in [0.4, 0.5) is 0 Å². The summed E-state index contributed by atoms with van der Waals surface area (Å²) in [5.41, 5.74) is 6.81. The lowest BCUT2D eigenvalue weighted by Crippen LogP contribution is -2.62. The largest absolute Gasteiger partial charge is 0.427 e. The Balaban J connectivity index is 2.22. The fourth-order valence-corrected chi connectivity index (χ4v) is 1.63. The maximum atomic E-state index is 10.8. The molecule has 1 aliphatic rings. The van der Waals surface area contributed by atoms with Gasteiger partial charge in [-0.05, 0) is 17.7 Å². The lowest BCUT2D eigenvalue weighted by Gasteiger charge is -2.39. The summed E-state index contributed by atoms with van der Waals surface area (Å²) in [6.07, 6.45) is 0. The Kier molecular flexibility index (Phi) is 2.46. The topological polar surface area (TPSA) is 64.3 Å². The van der Waals surface area contributed by atoms with E-state index in [-0.39, 0.29) is 11.5 Å². The van der Waals surface area contributed by atoms with Crippen molar-refractivity contribution in [2.24, 2.45) is 5.73 Å². The summed E-state index contributed by atoms with van der Waals surface area (Å²) < 4.78 is 5.00. The number of hydrogen-bond donors (Lipinski definition) is 2. The lowest BCUT2D eigenvalue weighted by atomic mass is 9.85. The lowest BCUT2D eigenvalue weighted by molar-refractivity contribution is -0.131. The smallest absolute Gasteiger partial charge is 0.308 e. The molecule has 1 aromatic rings. The Morgan fingerprint density at radius 1 is 1.53 bits per heavy atom. The van der Waals surface area contributed by atoms with E-state index in [0.717, 1.165) is 18.7 Å². The third-order valence-electron chi connectivity index (χ3n) is 2.55. The van der Waals surface area contributed by atoms with Gasteiger partial charge in [0, 0.05) is 20.0 Å². The predicted octanol–water partition coefficient (Wildman–Crippen LogP) is 0.369. The minimum absolute atomic E-state index is 0.309. The van der Waals surface area contributed by atoms with Crippen LogP contribution in [-0.2, 0) is 10.3 Å². The van der Waals surface area contributed by atoms with Crippen LogP contribution in [0, 0.1) is 0 Å². The molecule has 0 unspecified atom stereocenters. The number of hydrogen-bond acceptors (Lipinski definition) is 4. The van der Waals surface area contributed by atoms with Gasteiger partial charge in [-0.2, -0.15) is 0 Å². The Morgan fingerprint density at radius 2 is 2.27 bits per heavy atom. The number of nitrogens with two attached hydrogens (primary N) is 1. The molecule has 2 rings (SSSR count). The number of carbonyl (C=O) groups excluding carboxylic acids is 1. The zero-order valence-corrected chi connectivity index (χ0v) is 8.62. The van der Waals surface area contributed by atoms with E-state index in [2.05, 4.69) is 5.32 Å². The van der Waals surface area contributed by atoms with Crippen molar-refractivity contribution < 1.29 is 9.53 Å². The van der Waals surface area contributed by atoms with Crippen molar-refractivity contribution in [3.05, 3.63) is 29.8 Å². The maximum Gasteiger partial charge on any atom is 0.308 e. The fourth-order valence-electron chi connectivity index (χ4n) is 1.63. The summed E-state index contributed by atoms with van der Waals surface area (Å²) in [5, 5.41) is 3.13. The molecule has 1 heterocycles. The standard InChI is InChI=1S/C11H14N2O2/c1-8(14)15-10-4-2-3-9(5-10)11(12)6-13-7-11/h2-5,13H,6-7,12H2,1H3. The average molecular weight is 206 g/mol. The van der Waals surface area contributed by atoms with Crippen LogP contribution in [0.3, 0.4) is 0 Å². The van der Waals surface area contributed by atoms with Crippen LogP contribution in [-0.4, -0.2) is 19.1 Å². The van der Waals surface area contributed by atoms with Gasteiger partial charge in [-0.3, -0.25) is 4.79 Å². The Hall–Kier alpha value is -1.39. The van der Waals surface area contributed by atoms with Gasteiger partial charge < -0.3 is 15.8 Å². The van der Waals surface area contributed by atoms with Gasteiger partial charge in [-0.1, -0.05) is 12.1 Å². The van der Waals surface area contributed by atoms with Crippen molar-refractivity contribution in [1.82, 2.24) is 5.32 Å². The number of esters is 1. The van der Waals surface area contributed by atoms with Gasteiger partial charge in [-0.15, -0.1) is 0 Å². The third-order valence-corrected chi connectivity index (χ3v) is 2.55. The number of benzene rings is 1. The predicted molar refractivity (Wildman–Crippen MR) is 56.5 cm³/mol. The summed E-state index contributed by atoms with van der Waals surface area (Å²) in [7, 11) is 0. The van der Waals surface area contributed by atoms with Crippen LogP contribution in [0.25, 0.3) is 0 Å². The quantitative estimate of drug-likeness (QED) is 0.542. The Labute approximate surface area is 88.4 Å². The second-order valence-electron chi connectivity index (χ2n) is 3.88. The first kappa shape index (κ1) is 10.1. The van der Waals surface area contributed by atoms with Crippen molar-refractivity contribution >= 4 is 5.97 Å². The molecule has 1 fully saturated rings. The molecule has 15 heavy (non-hydrogen) atoms. The molecular formula is C11H14N2O2. The zero-order chi connectivity index (χ0) is 10.9. The van der Waals surface area contributed by atoms with Crippen LogP contribution in [0.5, 0.6) is 5.75 Å². The highest BCUT2D eigenvalue weighted by Gasteiger charge is 2.34. The van der Waals surface area contributed by atoms with Crippen molar-refractivity contribution in [1.29, 1.82) is 0 Å². The van der Waals surface area contributed by atoms with Crippen LogP contribution < -0.4 is 15.8 Å². The third kappa shape index (κ3) is 2.00. The zero-order valence-electron chi connectivity index (χ0n) is 8.62. The number of rotatable bonds is 2. The minimum Gasteiger partial charge on any atom is -0.427 e. The first-order valence-electron chi connectivity index (χ1n) is 4.89. The highest BCUT2D eigenvalue weighted by atomic mass is 16.5. The number of ether oxygens (including phenoxy) is 1. The van der Waals surface area contributed by atoms with E-state index in [1.807, 2.05) is 18.2 Å². The molecule has 4 heteroatoms. The Bertz CT molecular complexity index is 386. The van der Waals surface area contributed by atoms with E-state index in [1.54, 1.807) is 6.07 Å². The van der Waals surface area contributed by atoms with Crippen molar-refractivity contribution in [3.63, 3.8) is 0 Å². The fraction of sp³-hybridized carbons (Fsp3) is 0.364. The van der Waals surface area contributed by atoms with Crippen molar-refractivity contribution in [2.45, 2.75) is 12.5 Å². The van der Waals surface area contributed by atoms with E-state index < -0.39 is 0 Å². The number of carbonyl (C=O) groups is 1. The molecule has 4 nitrogen and oxygen atoms in total. The van der Waals surface area contributed by atoms with Gasteiger partial charge in [0.05, 0.1) is 5.54 Å². The molecule has 0 saturated carbocycles. The van der Waals surface area contributed by atoms with Crippen LogP contribution in [0.1, 0.15) is 12.5 Å². The summed E-state index contributed by atoms with van der Waals surface area (Å²) in [6, 6.07) is 7.37. The first-order chi connectivity index (χ1) is 7.10. The normalized spacial score (nSPS) is 18.0. The summed E-state index contributed by atoms with van der Waals surface area (Å²) in [4.78, 5) is 10.8. The molecule has 0 spiro atoms. The van der Waals surface area contributed by atoms with E-state index >= 15 is 0 Å². The van der Waals surface area contributed by atoms with E-state index in [4.69, 9.17) is 10.5 Å². The molecule has 1 aliphatic heterocycles. The molecule has 1 saturated heterocycles. The monoisotopic (exact) mass is 206 g/mol. The second kappa shape index (κ2) is 3.64. The molecular weight excluding hydrogens is 192 g/mol. The van der Waals surface area contributed by atoms with Gasteiger partial charge in [-0.25, -0.2) is 0 Å². The second-order valence-corrected chi connectivity index (χ2v) is 3.88. The minimum atomic E-state index is -0.315. The highest BCUT2D eigenvalue weighted by Crippen LogP contribution is 2.25. The van der Waals surface area contributed by atoms with E-state index in [1.165, 1.54) is 6.92 Å². The Morgan fingerprint density at radius 3 is 2.80 bits per heavy atom.